The molecule has 0 aromatic heterocycles. The lowest BCUT2D eigenvalue weighted by Gasteiger charge is -2.18. The van der Waals surface area contributed by atoms with Crippen LogP contribution in [0.15, 0.2) is 34.8 Å². The maximum Gasteiger partial charge on any atom is 0.123 e. The predicted octanol–water partition coefficient (Wildman–Crippen LogP) is 6.34. The van der Waals surface area contributed by atoms with Crippen LogP contribution in [0.3, 0.4) is 0 Å². The molecule has 0 amide bonds. The first-order chi connectivity index (χ1) is 8.90. The van der Waals surface area contributed by atoms with E-state index in [0.29, 0.717) is 5.02 Å². The molecule has 0 nitrogen and oxygen atoms in total. The van der Waals surface area contributed by atoms with Gasteiger partial charge in [-0.25, -0.2) is 4.39 Å². The van der Waals surface area contributed by atoms with Crippen LogP contribution in [0.5, 0.6) is 0 Å². The van der Waals surface area contributed by atoms with E-state index < -0.39 is 0 Å². The van der Waals surface area contributed by atoms with E-state index in [4.69, 9.17) is 11.6 Å². The topological polar surface area (TPSA) is 0 Å². The first-order valence-electron chi connectivity index (χ1n) is 5.76. The number of benzene rings is 2. The molecular weight excluding hydrogens is 394 g/mol. The highest BCUT2D eigenvalue weighted by Crippen LogP contribution is 2.39. The van der Waals surface area contributed by atoms with Gasteiger partial charge in [0, 0.05) is 9.50 Å². The molecule has 19 heavy (non-hydrogen) atoms. The summed E-state index contributed by atoms with van der Waals surface area (Å²) in [6.45, 7) is 3.82. The van der Waals surface area contributed by atoms with Crippen LogP contribution in [-0.4, -0.2) is 0 Å². The second-order valence-electron chi connectivity index (χ2n) is 4.48. The van der Waals surface area contributed by atoms with Gasteiger partial charge in [-0.1, -0.05) is 49.5 Å². The summed E-state index contributed by atoms with van der Waals surface area (Å²) in [5.74, 6) is -0.208. The van der Waals surface area contributed by atoms with Crippen molar-refractivity contribution in [1.82, 2.24) is 0 Å². The largest absolute Gasteiger partial charge is 0.207 e. The van der Waals surface area contributed by atoms with E-state index in [1.165, 1.54) is 0 Å². The van der Waals surface area contributed by atoms with Crippen LogP contribution in [0.2, 0.25) is 5.02 Å². The van der Waals surface area contributed by atoms with Crippen LogP contribution < -0.4 is 0 Å². The number of rotatable bonds is 2. The fourth-order valence-corrected chi connectivity index (χ4v) is 4.22. The average molecular weight is 407 g/mol. The zero-order chi connectivity index (χ0) is 14.2. The van der Waals surface area contributed by atoms with Gasteiger partial charge in [-0.2, -0.15) is 0 Å². The smallest absolute Gasteiger partial charge is 0.123 e. The van der Waals surface area contributed by atoms with E-state index in [2.05, 4.69) is 31.9 Å². The first kappa shape index (κ1) is 15.0. The highest BCUT2D eigenvalue weighted by atomic mass is 79.9. The second kappa shape index (κ2) is 5.94. The van der Waals surface area contributed by atoms with Crippen molar-refractivity contribution in [3.05, 3.63) is 67.9 Å². The van der Waals surface area contributed by atoms with Gasteiger partial charge in [-0.3, -0.25) is 0 Å². The molecule has 0 radical (unpaired) electrons. The van der Waals surface area contributed by atoms with Crippen molar-refractivity contribution in [2.24, 2.45) is 0 Å². The number of aryl methyl sites for hydroxylation is 2. The Bertz CT molecular complexity index is 603. The molecular formula is C15H12Br2ClF. The molecule has 0 aliphatic heterocycles. The maximum absolute atomic E-state index is 13.4. The third kappa shape index (κ3) is 3.21. The van der Waals surface area contributed by atoms with Crippen molar-refractivity contribution < 1.29 is 4.39 Å². The Morgan fingerprint density at radius 1 is 1.11 bits per heavy atom. The van der Waals surface area contributed by atoms with Gasteiger partial charge in [0.25, 0.3) is 0 Å². The van der Waals surface area contributed by atoms with E-state index in [-0.39, 0.29) is 10.6 Å². The van der Waals surface area contributed by atoms with Gasteiger partial charge in [0.1, 0.15) is 5.82 Å². The summed E-state index contributed by atoms with van der Waals surface area (Å²) in [5.41, 5.74) is 3.87. The normalized spacial score (nSPS) is 12.5. The Morgan fingerprint density at radius 3 is 2.21 bits per heavy atom. The minimum atomic E-state index is -0.208. The van der Waals surface area contributed by atoms with E-state index in [0.717, 1.165) is 26.7 Å². The molecule has 0 aliphatic rings. The molecule has 100 valence electrons. The Balaban J connectivity index is 2.53. The van der Waals surface area contributed by atoms with Crippen LogP contribution in [-0.2, 0) is 0 Å². The average Bonchev–Trinajstić information content (AvgIpc) is 2.26. The van der Waals surface area contributed by atoms with Crippen molar-refractivity contribution in [2.75, 3.05) is 0 Å². The highest BCUT2D eigenvalue weighted by Gasteiger charge is 2.18. The molecule has 0 fully saturated rings. The van der Waals surface area contributed by atoms with Gasteiger partial charge in [0.15, 0.2) is 0 Å². The van der Waals surface area contributed by atoms with Crippen molar-refractivity contribution >= 4 is 43.5 Å². The molecule has 0 heterocycles. The summed E-state index contributed by atoms with van der Waals surface area (Å²) in [6.07, 6.45) is 0. The molecule has 2 aromatic rings. The molecule has 0 saturated carbocycles. The Labute approximate surface area is 134 Å². The number of halogens is 4. The van der Waals surface area contributed by atoms with Crippen LogP contribution in [0.25, 0.3) is 0 Å². The minimum absolute atomic E-state index is 0.0475. The maximum atomic E-state index is 13.4. The number of hydrogen-bond donors (Lipinski definition) is 0. The quantitative estimate of drug-likeness (QED) is 0.510. The van der Waals surface area contributed by atoms with E-state index in [1.807, 2.05) is 32.0 Å². The fourth-order valence-electron chi connectivity index (χ4n) is 2.18. The van der Waals surface area contributed by atoms with Crippen molar-refractivity contribution in [2.45, 2.75) is 18.7 Å². The van der Waals surface area contributed by atoms with Crippen molar-refractivity contribution in [1.29, 1.82) is 0 Å². The first-order valence-corrected chi connectivity index (χ1v) is 7.84. The molecule has 0 bridgehead atoms. The minimum Gasteiger partial charge on any atom is -0.207 e. The van der Waals surface area contributed by atoms with Gasteiger partial charge in [0.05, 0.1) is 4.83 Å². The SMILES string of the molecule is Cc1cc(F)cc(C)c1C(Br)c1ccc(Br)cc1Cl. The lowest BCUT2D eigenvalue weighted by Crippen LogP contribution is -2.01. The third-order valence-corrected chi connectivity index (χ3v) is 4.82. The van der Waals surface area contributed by atoms with Gasteiger partial charge < -0.3 is 0 Å². The standard InChI is InChI=1S/C15H12Br2ClF/c1-8-5-11(19)6-9(2)14(8)15(17)12-4-3-10(16)7-13(12)18/h3-7,15H,1-2H3. The van der Waals surface area contributed by atoms with Crippen LogP contribution in [0.1, 0.15) is 27.1 Å². The van der Waals surface area contributed by atoms with E-state index in [9.17, 15) is 4.39 Å². The lowest BCUT2D eigenvalue weighted by molar-refractivity contribution is 0.624. The summed E-state index contributed by atoms with van der Waals surface area (Å²) in [4.78, 5) is -0.0475. The molecule has 1 unspecified atom stereocenters. The van der Waals surface area contributed by atoms with Crippen LogP contribution in [0.4, 0.5) is 4.39 Å². The molecule has 0 N–H and O–H groups in total. The molecule has 2 aromatic carbocycles. The molecule has 1 atom stereocenters. The van der Waals surface area contributed by atoms with Gasteiger partial charge in [-0.15, -0.1) is 0 Å². The van der Waals surface area contributed by atoms with Crippen molar-refractivity contribution in [3.8, 4) is 0 Å². The van der Waals surface area contributed by atoms with Crippen molar-refractivity contribution in [3.63, 3.8) is 0 Å². The second-order valence-corrected chi connectivity index (χ2v) is 6.72. The molecule has 2 rings (SSSR count). The molecule has 0 aliphatic carbocycles. The highest BCUT2D eigenvalue weighted by molar-refractivity contribution is 9.10. The Kier molecular flexibility index (Phi) is 4.70. The van der Waals surface area contributed by atoms with Crippen LogP contribution in [0, 0.1) is 19.7 Å². The fraction of sp³-hybridized carbons (Fsp3) is 0.200. The Morgan fingerprint density at radius 2 is 1.68 bits per heavy atom. The molecule has 4 heteroatoms. The zero-order valence-electron chi connectivity index (χ0n) is 10.5. The predicted molar refractivity (Wildman–Crippen MR) is 85.8 cm³/mol. The Hall–Kier alpha value is -0.380. The molecule has 0 spiro atoms. The van der Waals surface area contributed by atoms with Crippen LogP contribution >= 0.6 is 43.5 Å². The van der Waals surface area contributed by atoms with Gasteiger partial charge >= 0.3 is 0 Å². The lowest BCUT2D eigenvalue weighted by atomic mass is 9.96. The summed E-state index contributed by atoms with van der Waals surface area (Å²) >= 11 is 13.3. The van der Waals surface area contributed by atoms with E-state index >= 15 is 0 Å². The number of hydrogen-bond acceptors (Lipinski definition) is 0. The summed E-state index contributed by atoms with van der Waals surface area (Å²) in [6, 6.07) is 8.86. The number of alkyl halides is 1. The summed E-state index contributed by atoms with van der Waals surface area (Å²) < 4.78 is 14.3. The zero-order valence-corrected chi connectivity index (χ0v) is 14.4. The third-order valence-electron chi connectivity index (χ3n) is 3.05. The summed E-state index contributed by atoms with van der Waals surface area (Å²) in [5, 5.41) is 0.680. The summed E-state index contributed by atoms with van der Waals surface area (Å²) in [7, 11) is 0. The van der Waals surface area contributed by atoms with E-state index in [1.54, 1.807) is 12.1 Å². The van der Waals surface area contributed by atoms with Gasteiger partial charge in [0.2, 0.25) is 0 Å². The monoisotopic (exact) mass is 404 g/mol. The van der Waals surface area contributed by atoms with Gasteiger partial charge in [-0.05, 0) is 60.4 Å². The molecule has 0 saturated heterocycles.